The lowest BCUT2D eigenvalue weighted by Crippen LogP contribution is -2.30. The number of pyridine rings is 1. The maximum Gasteiger partial charge on any atom is 0.412 e. The number of carbonyl (C=O) groups excluding carboxylic acids is 1. The Kier molecular flexibility index (Phi) is 4.84. The van der Waals surface area contributed by atoms with Gasteiger partial charge in [0.25, 0.3) is 5.56 Å². The fourth-order valence-electron chi connectivity index (χ4n) is 2.64. The average molecular weight is 336 g/mol. The summed E-state index contributed by atoms with van der Waals surface area (Å²) in [7, 11) is 0. The molecule has 2 aromatic carbocycles. The summed E-state index contributed by atoms with van der Waals surface area (Å²) >= 11 is 0. The van der Waals surface area contributed by atoms with Crippen molar-refractivity contribution >= 4 is 17.0 Å². The van der Waals surface area contributed by atoms with E-state index in [2.05, 4.69) is 16.4 Å². The van der Waals surface area contributed by atoms with Crippen LogP contribution >= 0.6 is 0 Å². The summed E-state index contributed by atoms with van der Waals surface area (Å²) < 4.78 is 5.15. The number of carbonyl (C=O) groups is 1. The van der Waals surface area contributed by atoms with E-state index >= 15 is 0 Å². The van der Waals surface area contributed by atoms with Crippen LogP contribution in [0.3, 0.4) is 0 Å². The first-order valence-electron chi connectivity index (χ1n) is 8.17. The molecule has 0 bridgehead atoms. The van der Waals surface area contributed by atoms with Crippen molar-refractivity contribution in [3.63, 3.8) is 0 Å². The molecule has 25 heavy (non-hydrogen) atoms. The maximum atomic E-state index is 12.2. The summed E-state index contributed by atoms with van der Waals surface area (Å²) in [6.07, 6.45) is -0.0999. The molecular weight excluding hydrogens is 316 g/mol. The van der Waals surface area contributed by atoms with Gasteiger partial charge in [-0.05, 0) is 67.1 Å². The van der Waals surface area contributed by atoms with Gasteiger partial charge >= 0.3 is 6.09 Å². The second kappa shape index (κ2) is 7.21. The number of H-pyrrole nitrogens is 1. The molecule has 1 amide bonds. The Bertz CT molecular complexity index is 962. The maximum absolute atomic E-state index is 12.2. The van der Waals surface area contributed by atoms with Gasteiger partial charge in [0.2, 0.25) is 0 Å². The monoisotopic (exact) mass is 336 g/mol. The highest BCUT2D eigenvalue weighted by atomic mass is 16.6. The van der Waals surface area contributed by atoms with Gasteiger partial charge in [0.15, 0.2) is 0 Å². The molecule has 0 saturated heterocycles. The van der Waals surface area contributed by atoms with Gasteiger partial charge < -0.3 is 15.0 Å². The smallest absolute Gasteiger partial charge is 0.410 e. The number of hydrogen-bond acceptors (Lipinski definition) is 3. The number of nitrogens with one attached hydrogen (secondary N) is 2. The number of aromatic amines is 1. The molecular formula is C20H20N2O3. The molecule has 0 fully saturated rings. The fraction of sp³-hybridized carbons (Fsp3) is 0.200. The Morgan fingerprint density at radius 1 is 1.08 bits per heavy atom. The van der Waals surface area contributed by atoms with Crippen LogP contribution in [0.2, 0.25) is 0 Å². The second-order valence-corrected chi connectivity index (χ2v) is 6.03. The van der Waals surface area contributed by atoms with E-state index in [1.54, 1.807) is 24.3 Å². The molecule has 5 nitrogen and oxygen atoms in total. The summed E-state index contributed by atoms with van der Waals surface area (Å²) in [4.78, 5) is 26.9. The number of aromatic nitrogens is 1. The number of benzene rings is 2. The van der Waals surface area contributed by atoms with Crippen LogP contribution in [0.1, 0.15) is 16.7 Å². The summed E-state index contributed by atoms with van der Waals surface area (Å²) in [5.74, 6) is 0.481. The van der Waals surface area contributed by atoms with E-state index in [1.807, 2.05) is 32.0 Å². The van der Waals surface area contributed by atoms with E-state index in [1.165, 1.54) is 5.56 Å². The standard InChI is InChI=1S/C20H20N2O3/c1-13-10-16-12-15(19(23)22-18(16)11-14(13)2)8-9-21-20(24)25-17-6-4-3-5-7-17/h3-7,10-12H,8-9H2,1-2H3,(H,21,24)(H,22,23). The molecule has 0 unspecified atom stereocenters. The molecule has 5 heteroatoms. The van der Waals surface area contributed by atoms with Crippen molar-refractivity contribution in [1.29, 1.82) is 0 Å². The Morgan fingerprint density at radius 2 is 1.80 bits per heavy atom. The Balaban J connectivity index is 1.65. The van der Waals surface area contributed by atoms with Crippen molar-refractivity contribution < 1.29 is 9.53 Å². The average Bonchev–Trinajstić information content (AvgIpc) is 2.58. The lowest BCUT2D eigenvalue weighted by molar-refractivity contribution is 0.200. The van der Waals surface area contributed by atoms with Gasteiger partial charge in [-0.15, -0.1) is 0 Å². The highest BCUT2D eigenvalue weighted by Gasteiger charge is 2.07. The highest BCUT2D eigenvalue weighted by Crippen LogP contribution is 2.17. The number of rotatable bonds is 4. The lowest BCUT2D eigenvalue weighted by Gasteiger charge is -2.08. The van der Waals surface area contributed by atoms with E-state index in [0.29, 0.717) is 24.3 Å². The largest absolute Gasteiger partial charge is 0.412 e. The third-order valence-electron chi connectivity index (χ3n) is 4.15. The normalized spacial score (nSPS) is 10.6. The molecule has 0 spiro atoms. The molecule has 0 atom stereocenters. The molecule has 3 aromatic rings. The van der Waals surface area contributed by atoms with Crippen LogP contribution < -0.4 is 15.6 Å². The van der Waals surface area contributed by atoms with Crippen LogP contribution in [0.5, 0.6) is 5.75 Å². The first-order chi connectivity index (χ1) is 12.0. The summed E-state index contributed by atoms with van der Waals surface area (Å²) in [5.41, 5.74) is 3.65. The van der Waals surface area contributed by atoms with Crippen LogP contribution in [0.4, 0.5) is 4.79 Å². The topological polar surface area (TPSA) is 71.2 Å². The predicted molar refractivity (Wildman–Crippen MR) is 98.2 cm³/mol. The highest BCUT2D eigenvalue weighted by molar-refractivity contribution is 5.80. The van der Waals surface area contributed by atoms with Gasteiger partial charge in [-0.25, -0.2) is 4.79 Å². The number of ether oxygens (including phenoxy) is 1. The zero-order valence-corrected chi connectivity index (χ0v) is 14.3. The fourth-order valence-corrected chi connectivity index (χ4v) is 2.64. The molecule has 0 saturated carbocycles. The van der Waals surface area contributed by atoms with Crippen LogP contribution in [0, 0.1) is 13.8 Å². The van der Waals surface area contributed by atoms with Crippen molar-refractivity contribution in [1.82, 2.24) is 10.3 Å². The van der Waals surface area contributed by atoms with Crippen molar-refractivity contribution in [3.05, 3.63) is 75.6 Å². The molecule has 0 radical (unpaired) electrons. The molecule has 128 valence electrons. The molecule has 2 N–H and O–H groups in total. The zero-order chi connectivity index (χ0) is 17.8. The lowest BCUT2D eigenvalue weighted by atomic mass is 10.0. The summed E-state index contributed by atoms with van der Waals surface area (Å²) in [6.45, 7) is 4.38. The zero-order valence-electron chi connectivity index (χ0n) is 14.3. The third kappa shape index (κ3) is 4.07. The van der Waals surface area contributed by atoms with Gasteiger partial charge in [-0.2, -0.15) is 0 Å². The summed E-state index contributed by atoms with van der Waals surface area (Å²) in [6, 6.07) is 14.8. The van der Waals surface area contributed by atoms with Crippen molar-refractivity contribution in [2.75, 3.05) is 6.54 Å². The van der Waals surface area contributed by atoms with Gasteiger partial charge in [0, 0.05) is 17.6 Å². The summed E-state index contributed by atoms with van der Waals surface area (Å²) in [5, 5.41) is 3.65. The Labute approximate surface area is 145 Å². The first-order valence-corrected chi connectivity index (χ1v) is 8.17. The molecule has 3 rings (SSSR count). The van der Waals surface area contributed by atoms with E-state index in [0.717, 1.165) is 16.5 Å². The van der Waals surface area contributed by atoms with Gasteiger partial charge in [0.1, 0.15) is 5.75 Å². The molecule has 1 aromatic heterocycles. The number of hydrogen-bond donors (Lipinski definition) is 2. The third-order valence-corrected chi connectivity index (χ3v) is 4.15. The van der Waals surface area contributed by atoms with Crippen LogP contribution in [0.25, 0.3) is 10.9 Å². The molecule has 0 aliphatic rings. The van der Waals surface area contributed by atoms with Crippen LogP contribution in [-0.2, 0) is 6.42 Å². The molecule has 0 aliphatic heterocycles. The minimum absolute atomic E-state index is 0.131. The molecule has 1 heterocycles. The molecule has 0 aliphatic carbocycles. The van der Waals surface area contributed by atoms with E-state index in [4.69, 9.17) is 4.74 Å². The second-order valence-electron chi connectivity index (χ2n) is 6.03. The number of fused-ring (bicyclic) bond motifs is 1. The van der Waals surface area contributed by atoms with Gasteiger partial charge in [-0.1, -0.05) is 18.2 Å². The first kappa shape index (κ1) is 16.8. The number of amides is 1. The minimum atomic E-state index is -0.533. The van der Waals surface area contributed by atoms with Crippen LogP contribution in [-0.4, -0.2) is 17.6 Å². The Hall–Kier alpha value is -3.08. The quantitative estimate of drug-likeness (QED) is 0.766. The van der Waals surface area contributed by atoms with Gasteiger partial charge in [0.05, 0.1) is 0 Å². The van der Waals surface area contributed by atoms with Crippen LogP contribution in [0.15, 0.2) is 53.3 Å². The van der Waals surface area contributed by atoms with Crippen molar-refractivity contribution in [3.8, 4) is 5.75 Å². The SMILES string of the molecule is Cc1cc2cc(CCNC(=O)Oc3ccccc3)c(=O)[nH]c2cc1C. The predicted octanol–water partition coefficient (Wildman–Crippen LogP) is 3.48. The van der Waals surface area contributed by atoms with Gasteiger partial charge in [-0.3, -0.25) is 4.79 Å². The number of para-hydroxylation sites is 1. The van der Waals surface area contributed by atoms with Crippen molar-refractivity contribution in [2.45, 2.75) is 20.3 Å². The minimum Gasteiger partial charge on any atom is -0.410 e. The van der Waals surface area contributed by atoms with Crippen molar-refractivity contribution in [2.24, 2.45) is 0 Å². The van der Waals surface area contributed by atoms with E-state index in [9.17, 15) is 9.59 Å². The Morgan fingerprint density at radius 3 is 2.56 bits per heavy atom. The van der Waals surface area contributed by atoms with E-state index < -0.39 is 6.09 Å². The van der Waals surface area contributed by atoms with E-state index in [-0.39, 0.29) is 5.56 Å². The number of aryl methyl sites for hydroxylation is 2.